The second-order valence-electron chi connectivity index (χ2n) is 4.56. The molecule has 1 fully saturated rings. The first-order valence-corrected chi connectivity index (χ1v) is 7.57. The van der Waals surface area contributed by atoms with Gasteiger partial charge in [0.1, 0.15) is 0 Å². The van der Waals surface area contributed by atoms with Crippen LogP contribution in [-0.2, 0) is 14.4 Å². The summed E-state index contributed by atoms with van der Waals surface area (Å²) in [7, 11) is 1.50. The van der Waals surface area contributed by atoms with Crippen LogP contribution in [0.2, 0.25) is 0 Å². The van der Waals surface area contributed by atoms with Crippen molar-refractivity contribution in [2.24, 2.45) is 0 Å². The Morgan fingerprint density at radius 3 is 2.55 bits per heavy atom. The van der Waals surface area contributed by atoms with Crippen LogP contribution >= 0.6 is 11.8 Å². The van der Waals surface area contributed by atoms with E-state index in [0.29, 0.717) is 5.69 Å². The summed E-state index contributed by atoms with van der Waals surface area (Å²) in [5.41, 5.74) is 0.601. The summed E-state index contributed by atoms with van der Waals surface area (Å²) in [5, 5.41) is 2.09. The van der Waals surface area contributed by atoms with E-state index in [1.165, 1.54) is 11.9 Å². The van der Waals surface area contributed by atoms with Crippen molar-refractivity contribution < 1.29 is 19.2 Å². The smallest absolute Gasteiger partial charge is 0.316 e. The lowest BCUT2D eigenvalue weighted by molar-refractivity contribution is -0.137. The Kier molecular flexibility index (Phi) is 5.16. The molecule has 1 aliphatic heterocycles. The Bertz CT molecular complexity index is 589. The standard InChI is InChI=1S/C14H15N3O4S/c1-16(10-5-3-2-4-6-10)13(20)12(19)15-7-8-17-11(18)9-22-14(17)21/h2-6H,7-9H2,1H3,(H,15,19). The van der Waals surface area contributed by atoms with E-state index in [0.717, 1.165) is 16.7 Å². The molecule has 0 aromatic heterocycles. The van der Waals surface area contributed by atoms with Gasteiger partial charge in [-0.1, -0.05) is 30.0 Å². The van der Waals surface area contributed by atoms with Crippen molar-refractivity contribution in [2.75, 3.05) is 30.8 Å². The highest BCUT2D eigenvalue weighted by atomic mass is 32.2. The van der Waals surface area contributed by atoms with Crippen molar-refractivity contribution in [3.05, 3.63) is 30.3 Å². The van der Waals surface area contributed by atoms with Gasteiger partial charge < -0.3 is 10.2 Å². The second-order valence-corrected chi connectivity index (χ2v) is 5.48. The van der Waals surface area contributed by atoms with Crippen molar-refractivity contribution in [3.63, 3.8) is 0 Å². The number of hydrogen-bond acceptors (Lipinski definition) is 5. The summed E-state index contributed by atoms with van der Waals surface area (Å²) >= 11 is 0.930. The zero-order valence-electron chi connectivity index (χ0n) is 11.9. The number of anilines is 1. The third-order valence-corrected chi connectivity index (χ3v) is 3.96. The number of carbonyl (C=O) groups excluding carboxylic acids is 4. The highest BCUT2D eigenvalue weighted by Gasteiger charge is 2.29. The summed E-state index contributed by atoms with van der Waals surface area (Å²) in [6.45, 7) is 0.115. The first-order valence-electron chi connectivity index (χ1n) is 6.58. The molecule has 0 bridgehead atoms. The zero-order valence-corrected chi connectivity index (χ0v) is 12.8. The van der Waals surface area contributed by atoms with E-state index >= 15 is 0 Å². The van der Waals surface area contributed by atoms with Gasteiger partial charge in [-0.05, 0) is 12.1 Å². The van der Waals surface area contributed by atoms with Crippen LogP contribution in [-0.4, -0.2) is 53.8 Å². The van der Waals surface area contributed by atoms with Gasteiger partial charge in [0.25, 0.3) is 5.24 Å². The SMILES string of the molecule is CN(C(=O)C(=O)NCCN1C(=O)CSC1=O)c1ccccc1. The number of nitrogens with one attached hydrogen (secondary N) is 1. The molecule has 0 aliphatic carbocycles. The van der Waals surface area contributed by atoms with Crippen LogP contribution in [0.4, 0.5) is 10.5 Å². The number of benzene rings is 1. The molecule has 1 aromatic rings. The van der Waals surface area contributed by atoms with Gasteiger partial charge in [0.2, 0.25) is 5.91 Å². The fraction of sp³-hybridized carbons (Fsp3) is 0.286. The minimum Gasteiger partial charge on any atom is -0.346 e. The number of thioether (sulfide) groups is 1. The van der Waals surface area contributed by atoms with E-state index < -0.39 is 11.8 Å². The summed E-state index contributed by atoms with van der Waals surface area (Å²) in [6, 6.07) is 8.76. The van der Waals surface area contributed by atoms with Gasteiger partial charge >= 0.3 is 11.8 Å². The maximum absolute atomic E-state index is 12.0. The maximum atomic E-state index is 12.0. The molecule has 0 saturated carbocycles. The first kappa shape index (κ1) is 16.0. The van der Waals surface area contributed by atoms with Crippen LogP contribution in [0, 0.1) is 0 Å². The molecular formula is C14H15N3O4S. The molecule has 0 unspecified atom stereocenters. The summed E-state index contributed by atoms with van der Waals surface area (Å²) < 4.78 is 0. The van der Waals surface area contributed by atoms with E-state index in [1.807, 2.05) is 6.07 Å². The average molecular weight is 321 g/mol. The lowest BCUT2D eigenvalue weighted by Gasteiger charge is -2.17. The number of rotatable bonds is 4. The Morgan fingerprint density at radius 2 is 1.95 bits per heavy atom. The van der Waals surface area contributed by atoms with E-state index in [-0.39, 0.29) is 30.0 Å². The van der Waals surface area contributed by atoms with Crippen LogP contribution in [0.15, 0.2) is 30.3 Å². The highest BCUT2D eigenvalue weighted by Crippen LogP contribution is 2.17. The molecule has 1 saturated heterocycles. The van der Waals surface area contributed by atoms with Gasteiger partial charge in [0.15, 0.2) is 0 Å². The molecule has 1 heterocycles. The average Bonchev–Trinajstić information content (AvgIpc) is 2.86. The molecule has 7 nitrogen and oxygen atoms in total. The molecule has 4 amide bonds. The fourth-order valence-corrected chi connectivity index (χ4v) is 2.63. The molecule has 116 valence electrons. The number of nitrogens with zero attached hydrogens (tertiary/aromatic N) is 2. The Hall–Kier alpha value is -2.35. The Labute approximate surface area is 131 Å². The molecular weight excluding hydrogens is 306 g/mol. The predicted molar refractivity (Wildman–Crippen MR) is 82.4 cm³/mol. The van der Waals surface area contributed by atoms with Crippen molar-refractivity contribution in [1.82, 2.24) is 10.2 Å². The number of hydrogen-bond donors (Lipinski definition) is 1. The second kappa shape index (κ2) is 7.08. The minimum atomic E-state index is -0.780. The monoisotopic (exact) mass is 321 g/mol. The topological polar surface area (TPSA) is 86.8 Å². The minimum absolute atomic E-state index is 0.0469. The van der Waals surface area contributed by atoms with Gasteiger partial charge in [0.05, 0.1) is 5.75 Å². The molecule has 1 aromatic carbocycles. The van der Waals surface area contributed by atoms with Crippen LogP contribution in [0.5, 0.6) is 0 Å². The number of para-hydroxylation sites is 1. The molecule has 8 heteroatoms. The molecule has 22 heavy (non-hydrogen) atoms. The lowest BCUT2D eigenvalue weighted by atomic mass is 10.3. The third-order valence-electron chi connectivity index (χ3n) is 3.10. The first-order chi connectivity index (χ1) is 10.5. The molecule has 2 rings (SSSR count). The molecule has 0 spiro atoms. The number of imide groups is 1. The molecule has 0 radical (unpaired) electrons. The number of amides is 4. The van der Waals surface area contributed by atoms with Gasteiger partial charge in [0, 0.05) is 25.8 Å². The van der Waals surface area contributed by atoms with E-state index in [4.69, 9.17) is 0 Å². The quantitative estimate of drug-likeness (QED) is 0.814. The van der Waals surface area contributed by atoms with Crippen molar-refractivity contribution in [3.8, 4) is 0 Å². The molecule has 1 aliphatic rings. The van der Waals surface area contributed by atoms with Crippen LogP contribution in [0.1, 0.15) is 0 Å². The number of carbonyl (C=O) groups is 4. The third kappa shape index (κ3) is 3.64. The van der Waals surface area contributed by atoms with Crippen LogP contribution < -0.4 is 10.2 Å². The lowest BCUT2D eigenvalue weighted by Crippen LogP contribution is -2.44. The van der Waals surface area contributed by atoms with Gasteiger partial charge in [-0.15, -0.1) is 0 Å². The van der Waals surface area contributed by atoms with Crippen LogP contribution in [0.3, 0.4) is 0 Å². The summed E-state index contributed by atoms with van der Waals surface area (Å²) in [4.78, 5) is 48.8. The summed E-state index contributed by atoms with van der Waals surface area (Å²) in [6.07, 6.45) is 0. The maximum Gasteiger partial charge on any atom is 0.316 e. The normalized spacial score (nSPS) is 14.1. The van der Waals surface area contributed by atoms with Gasteiger partial charge in [-0.3, -0.25) is 24.1 Å². The largest absolute Gasteiger partial charge is 0.346 e. The highest BCUT2D eigenvalue weighted by molar-refractivity contribution is 8.14. The fourth-order valence-electron chi connectivity index (χ4n) is 1.88. The van der Waals surface area contributed by atoms with E-state index in [1.54, 1.807) is 24.3 Å². The van der Waals surface area contributed by atoms with Crippen molar-refractivity contribution in [1.29, 1.82) is 0 Å². The van der Waals surface area contributed by atoms with Gasteiger partial charge in [-0.25, -0.2) is 0 Å². The predicted octanol–water partition coefficient (Wildman–Crippen LogP) is 0.461. The molecule has 0 atom stereocenters. The van der Waals surface area contributed by atoms with Crippen LogP contribution in [0.25, 0.3) is 0 Å². The molecule has 1 N–H and O–H groups in total. The van der Waals surface area contributed by atoms with E-state index in [2.05, 4.69) is 5.32 Å². The van der Waals surface area contributed by atoms with E-state index in [9.17, 15) is 19.2 Å². The Balaban J connectivity index is 1.83. The zero-order chi connectivity index (χ0) is 16.1. The van der Waals surface area contributed by atoms with Crippen molar-refractivity contribution >= 4 is 40.4 Å². The van der Waals surface area contributed by atoms with Gasteiger partial charge in [-0.2, -0.15) is 0 Å². The van der Waals surface area contributed by atoms with Crippen molar-refractivity contribution in [2.45, 2.75) is 0 Å². The summed E-state index contributed by atoms with van der Waals surface area (Å²) in [5.74, 6) is -1.64. The Morgan fingerprint density at radius 1 is 1.27 bits per heavy atom. The number of likely N-dealkylation sites (N-methyl/N-ethyl adjacent to an activating group) is 1.